The van der Waals surface area contributed by atoms with Gasteiger partial charge in [-0.1, -0.05) is 0 Å². The third-order valence-corrected chi connectivity index (χ3v) is 1.34. The Bertz CT molecular complexity index is 131. The number of nitrogens with one attached hydrogen (secondary N) is 2. The minimum Gasteiger partial charge on any atom is -0.383 e. The molecule has 0 aliphatic heterocycles. The SMILES string of the molecule is CCONC(=O)CCNCCOC. The van der Waals surface area contributed by atoms with Crippen molar-refractivity contribution in [2.75, 3.05) is 33.4 Å². The van der Waals surface area contributed by atoms with Crippen LogP contribution in [-0.2, 0) is 14.4 Å². The van der Waals surface area contributed by atoms with Crippen LogP contribution in [0.15, 0.2) is 0 Å². The highest BCUT2D eigenvalue weighted by Gasteiger charge is 1.98. The molecule has 0 aromatic heterocycles. The Morgan fingerprint density at radius 3 is 2.77 bits per heavy atom. The average molecular weight is 190 g/mol. The Morgan fingerprint density at radius 2 is 2.15 bits per heavy atom. The lowest BCUT2D eigenvalue weighted by Gasteiger charge is -2.04. The maximum absolute atomic E-state index is 10.9. The molecule has 0 unspecified atom stereocenters. The van der Waals surface area contributed by atoms with E-state index in [2.05, 4.69) is 10.8 Å². The third kappa shape index (κ3) is 9.26. The van der Waals surface area contributed by atoms with Gasteiger partial charge in [-0.3, -0.25) is 9.63 Å². The van der Waals surface area contributed by atoms with Crippen LogP contribution in [0.4, 0.5) is 0 Å². The second kappa shape index (κ2) is 9.44. The van der Waals surface area contributed by atoms with Crippen molar-refractivity contribution in [3.8, 4) is 0 Å². The van der Waals surface area contributed by atoms with Gasteiger partial charge in [0, 0.05) is 26.6 Å². The fourth-order valence-electron chi connectivity index (χ4n) is 0.705. The Kier molecular flexibility index (Phi) is 8.97. The summed E-state index contributed by atoms with van der Waals surface area (Å²) in [6.45, 7) is 4.37. The second-order valence-electron chi connectivity index (χ2n) is 2.45. The normalized spacial score (nSPS) is 10.0. The number of carbonyl (C=O) groups is 1. The molecule has 0 bridgehead atoms. The maximum Gasteiger partial charge on any atom is 0.244 e. The molecule has 0 aromatic rings. The molecule has 0 saturated heterocycles. The van der Waals surface area contributed by atoms with Crippen LogP contribution in [-0.4, -0.2) is 39.3 Å². The van der Waals surface area contributed by atoms with Crippen molar-refractivity contribution in [1.29, 1.82) is 0 Å². The van der Waals surface area contributed by atoms with Crippen LogP contribution in [0.3, 0.4) is 0 Å². The Balaban J connectivity index is 3.08. The highest BCUT2D eigenvalue weighted by molar-refractivity contribution is 5.74. The summed E-state index contributed by atoms with van der Waals surface area (Å²) in [6, 6.07) is 0. The molecule has 5 nitrogen and oxygen atoms in total. The van der Waals surface area contributed by atoms with Crippen molar-refractivity contribution in [2.45, 2.75) is 13.3 Å². The Morgan fingerprint density at radius 1 is 1.38 bits per heavy atom. The Labute approximate surface area is 78.7 Å². The van der Waals surface area contributed by atoms with E-state index >= 15 is 0 Å². The minimum atomic E-state index is -0.105. The zero-order valence-corrected chi connectivity index (χ0v) is 8.26. The first kappa shape index (κ1) is 12.3. The number of ether oxygens (including phenoxy) is 1. The molecule has 0 aliphatic carbocycles. The van der Waals surface area contributed by atoms with Crippen LogP contribution < -0.4 is 10.8 Å². The predicted molar refractivity (Wildman–Crippen MR) is 49.1 cm³/mol. The quantitative estimate of drug-likeness (QED) is 0.407. The largest absolute Gasteiger partial charge is 0.383 e. The van der Waals surface area contributed by atoms with Gasteiger partial charge in [-0.2, -0.15) is 0 Å². The summed E-state index contributed by atoms with van der Waals surface area (Å²) in [5.41, 5.74) is 2.31. The van der Waals surface area contributed by atoms with Crippen LogP contribution >= 0.6 is 0 Å². The molecule has 13 heavy (non-hydrogen) atoms. The smallest absolute Gasteiger partial charge is 0.244 e. The van der Waals surface area contributed by atoms with E-state index in [9.17, 15) is 4.79 Å². The lowest BCUT2D eigenvalue weighted by Crippen LogP contribution is -2.29. The summed E-state index contributed by atoms with van der Waals surface area (Å²) in [6.07, 6.45) is 0.420. The first-order chi connectivity index (χ1) is 6.31. The molecule has 78 valence electrons. The highest BCUT2D eigenvalue weighted by atomic mass is 16.6. The number of hydrogen-bond donors (Lipinski definition) is 2. The molecule has 1 amide bonds. The zero-order chi connectivity index (χ0) is 9.94. The van der Waals surface area contributed by atoms with Crippen molar-refractivity contribution >= 4 is 5.91 Å². The Hall–Kier alpha value is -0.650. The molecule has 0 saturated carbocycles. The monoisotopic (exact) mass is 190 g/mol. The van der Waals surface area contributed by atoms with Gasteiger partial charge in [-0.15, -0.1) is 0 Å². The summed E-state index contributed by atoms with van der Waals surface area (Å²) in [7, 11) is 1.64. The van der Waals surface area contributed by atoms with Crippen LogP contribution in [0.25, 0.3) is 0 Å². The van der Waals surface area contributed by atoms with Gasteiger partial charge in [0.1, 0.15) is 0 Å². The summed E-state index contributed by atoms with van der Waals surface area (Å²) in [5, 5.41) is 3.05. The van der Waals surface area contributed by atoms with E-state index in [1.54, 1.807) is 7.11 Å². The number of methoxy groups -OCH3 is 1. The van der Waals surface area contributed by atoms with Gasteiger partial charge in [-0.05, 0) is 6.92 Å². The summed E-state index contributed by atoms with van der Waals surface area (Å²) < 4.78 is 4.83. The molecule has 0 radical (unpaired) electrons. The number of hydroxylamine groups is 1. The van der Waals surface area contributed by atoms with Gasteiger partial charge in [0.15, 0.2) is 0 Å². The minimum absolute atomic E-state index is 0.105. The highest BCUT2D eigenvalue weighted by Crippen LogP contribution is 1.77. The molecular weight excluding hydrogens is 172 g/mol. The van der Waals surface area contributed by atoms with Crippen molar-refractivity contribution in [3.05, 3.63) is 0 Å². The number of amides is 1. The van der Waals surface area contributed by atoms with Gasteiger partial charge < -0.3 is 10.1 Å². The van der Waals surface area contributed by atoms with E-state index in [4.69, 9.17) is 9.57 Å². The lowest BCUT2D eigenvalue weighted by molar-refractivity contribution is -0.133. The van der Waals surface area contributed by atoms with Gasteiger partial charge >= 0.3 is 0 Å². The van der Waals surface area contributed by atoms with E-state index in [0.717, 1.165) is 6.54 Å². The van der Waals surface area contributed by atoms with Crippen LogP contribution in [0.2, 0.25) is 0 Å². The molecule has 0 spiro atoms. The molecule has 0 aliphatic rings. The summed E-state index contributed by atoms with van der Waals surface area (Å²) >= 11 is 0. The first-order valence-corrected chi connectivity index (χ1v) is 4.41. The molecule has 0 rings (SSSR count). The molecule has 0 aromatic carbocycles. The van der Waals surface area contributed by atoms with Crippen LogP contribution in [0.1, 0.15) is 13.3 Å². The summed E-state index contributed by atoms with van der Waals surface area (Å²) in [4.78, 5) is 15.6. The van der Waals surface area contributed by atoms with E-state index in [0.29, 0.717) is 26.2 Å². The molecule has 2 N–H and O–H groups in total. The van der Waals surface area contributed by atoms with Crippen LogP contribution in [0, 0.1) is 0 Å². The molecular formula is C8H18N2O3. The van der Waals surface area contributed by atoms with E-state index in [1.165, 1.54) is 0 Å². The van der Waals surface area contributed by atoms with Gasteiger partial charge in [-0.25, -0.2) is 5.48 Å². The predicted octanol–water partition coefficient (Wildman–Crippen LogP) is -0.320. The fourth-order valence-corrected chi connectivity index (χ4v) is 0.705. The van der Waals surface area contributed by atoms with Gasteiger partial charge in [0.2, 0.25) is 5.91 Å². The van der Waals surface area contributed by atoms with E-state index in [-0.39, 0.29) is 5.91 Å². The fraction of sp³-hybridized carbons (Fsp3) is 0.875. The maximum atomic E-state index is 10.9. The molecule has 0 fully saturated rings. The van der Waals surface area contributed by atoms with Crippen molar-refractivity contribution in [1.82, 2.24) is 10.8 Å². The van der Waals surface area contributed by atoms with Crippen LogP contribution in [0.5, 0.6) is 0 Å². The van der Waals surface area contributed by atoms with Gasteiger partial charge in [0.25, 0.3) is 0 Å². The van der Waals surface area contributed by atoms with E-state index < -0.39 is 0 Å². The van der Waals surface area contributed by atoms with Crippen molar-refractivity contribution in [3.63, 3.8) is 0 Å². The zero-order valence-electron chi connectivity index (χ0n) is 8.26. The number of carbonyl (C=O) groups excluding carboxylic acids is 1. The molecule has 0 atom stereocenters. The van der Waals surface area contributed by atoms with Crippen molar-refractivity contribution in [2.24, 2.45) is 0 Å². The number of rotatable bonds is 8. The standard InChI is InChI=1S/C8H18N2O3/c1-3-13-10-8(11)4-5-9-6-7-12-2/h9H,3-7H2,1-2H3,(H,10,11). The van der Waals surface area contributed by atoms with Crippen molar-refractivity contribution < 1.29 is 14.4 Å². The van der Waals surface area contributed by atoms with E-state index in [1.807, 2.05) is 6.92 Å². The number of hydrogen-bond acceptors (Lipinski definition) is 4. The topological polar surface area (TPSA) is 59.6 Å². The van der Waals surface area contributed by atoms with Gasteiger partial charge in [0.05, 0.1) is 13.2 Å². The molecule has 0 heterocycles. The second-order valence-corrected chi connectivity index (χ2v) is 2.45. The lowest BCUT2D eigenvalue weighted by atomic mass is 10.4. The average Bonchev–Trinajstić information content (AvgIpc) is 2.14. The third-order valence-electron chi connectivity index (χ3n) is 1.34. The summed E-state index contributed by atoms with van der Waals surface area (Å²) in [5.74, 6) is -0.105. The first-order valence-electron chi connectivity index (χ1n) is 4.41. The molecule has 5 heteroatoms.